The molecule has 4 nitrogen and oxygen atoms in total. The smallest absolute Gasteiger partial charge is 0.244 e. The van der Waals surface area contributed by atoms with Crippen LogP contribution in [0.3, 0.4) is 0 Å². The highest BCUT2D eigenvalue weighted by atomic mass is 35.5. The number of carbonyl (C=O) groups is 1. The molecule has 0 unspecified atom stereocenters. The molecule has 0 fully saturated rings. The van der Waals surface area contributed by atoms with E-state index >= 15 is 0 Å². The number of nitrogens with one attached hydrogen (secondary N) is 1. The Morgan fingerprint density at radius 3 is 2.48 bits per heavy atom. The summed E-state index contributed by atoms with van der Waals surface area (Å²) < 4.78 is 11.0. The van der Waals surface area contributed by atoms with Crippen molar-refractivity contribution in [1.82, 2.24) is 5.32 Å². The summed E-state index contributed by atoms with van der Waals surface area (Å²) in [4.78, 5) is 11.9. The molecule has 0 aliphatic rings. The van der Waals surface area contributed by atoms with E-state index in [-0.39, 0.29) is 18.1 Å². The summed E-state index contributed by atoms with van der Waals surface area (Å²) in [6, 6.07) is 3.75. The first-order valence-corrected chi connectivity index (χ1v) is 8.31. The lowest BCUT2D eigenvalue weighted by atomic mass is 10.1. The monoisotopic (exact) mass is 339 g/mol. The molecule has 1 aromatic rings. The predicted octanol–water partition coefficient (Wildman–Crippen LogP) is 4.45. The topological polar surface area (TPSA) is 47.6 Å². The van der Waals surface area contributed by atoms with Gasteiger partial charge in [0.05, 0.1) is 18.2 Å². The van der Waals surface area contributed by atoms with Crippen molar-refractivity contribution < 1.29 is 14.3 Å². The maximum absolute atomic E-state index is 11.9. The largest absolute Gasteiger partial charge is 0.493 e. The van der Waals surface area contributed by atoms with Crippen LogP contribution in [0.4, 0.5) is 0 Å². The fourth-order valence-electron chi connectivity index (χ4n) is 2.10. The Morgan fingerprint density at radius 1 is 1.30 bits per heavy atom. The van der Waals surface area contributed by atoms with Gasteiger partial charge in [-0.25, -0.2) is 0 Å². The fourth-order valence-corrected chi connectivity index (χ4v) is 2.36. The van der Waals surface area contributed by atoms with Crippen molar-refractivity contribution in [3.8, 4) is 11.5 Å². The molecule has 0 spiro atoms. The van der Waals surface area contributed by atoms with Crippen LogP contribution in [0.15, 0.2) is 18.2 Å². The van der Waals surface area contributed by atoms with Crippen LogP contribution in [-0.2, 0) is 4.79 Å². The van der Waals surface area contributed by atoms with Crippen molar-refractivity contribution >= 4 is 23.6 Å². The van der Waals surface area contributed by atoms with E-state index in [2.05, 4.69) is 19.2 Å². The molecule has 1 amide bonds. The number of carbonyl (C=O) groups excluding carboxylic acids is 1. The zero-order valence-corrected chi connectivity index (χ0v) is 15.2. The van der Waals surface area contributed by atoms with Gasteiger partial charge in [0.15, 0.2) is 11.5 Å². The number of benzene rings is 1. The molecule has 23 heavy (non-hydrogen) atoms. The third kappa shape index (κ3) is 6.14. The number of amides is 1. The number of ether oxygens (including phenoxy) is 2. The molecule has 0 aliphatic carbocycles. The summed E-state index contributed by atoms with van der Waals surface area (Å²) in [5.74, 6) is 0.949. The summed E-state index contributed by atoms with van der Waals surface area (Å²) in [7, 11) is 1.56. The molecule has 1 N–H and O–H groups in total. The van der Waals surface area contributed by atoms with Crippen LogP contribution in [0.2, 0.25) is 5.02 Å². The van der Waals surface area contributed by atoms with E-state index < -0.39 is 0 Å². The van der Waals surface area contributed by atoms with Gasteiger partial charge < -0.3 is 14.8 Å². The number of hydrogen-bond donors (Lipinski definition) is 1. The van der Waals surface area contributed by atoms with E-state index in [0.29, 0.717) is 16.5 Å². The normalized spacial score (nSPS) is 11.3. The molecule has 0 bridgehead atoms. The van der Waals surface area contributed by atoms with E-state index in [1.807, 2.05) is 13.8 Å². The summed E-state index contributed by atoms with van der Waals surface area (Å²) >= 11 is 6.26. The Labute approximate surface area is 143 Å². The molecule has 0 heterocycles. The van der Waals surface area contributed by atoms with E-state index in [9.17, 15) is 4.79 Å². The Kier molecular flexibility index (Phi) is 7.96. The molecule has 5 heteroatoms. The Bertz CT molecular complexity index is 551. The van der Waals surface area contributed by atoms with Crippen molar-refractivity contribution in [1.29, 1.82) is 0 Å². The van der Waals surface area contributed by atoms with Crippen molar-refractivity contribution in [2.24, 2.45) is 0 Å². The van der Waals surface area contributed by atoms with Crippen LogP contribution in [-0.4, -0.2) is 25.2 Å². The molecular weight excluding hydrogens is 314 g/mol. The molecule has 0 aromatic heterocycles. The zero-order chi connectivity index (χ0) is 17.4. The minimum absolute atomic E-state index is 0.00593. The SMILES string of the molecule is CCC(CC)NC(=O)C=Cc1cc(Cl)c(OC(C)C)c(OC)c1. The van der Waals surface area contributed by atoms with Crippen LogP contribution in [0.5, 0.6) is 11.5 Å². The molecule has 0 atom stereocenters. The van der Waals surface area contributed by atoms with Crippen LogP contribution in [0.25, 0.3) is 6.08 Å². The van der Waals surface area contributed by atoms with Gasteiger partial charge in [0.1, 0.15) is 0 Å². The van der Waals surface area contributed by atoms with Crippen LogP contribution in [0, 0.1) is 0 Å². The Morgan fingerprint density at radius 2 is 1.96 bits per heavy atom. The molecule has 1 rings (SSSR count). The molecule has 0 saturated heterocycles. The molecule has 1 aromatic carbocycles. The van der Waals surface area contributed by atoms with Crippen molar-refractivity contribution in [2.75, 3.05) is 7.11 Å². The van der Waals surface area contributed by atoms with E-state index in [0.717, 1.165) is 18.4 Å². The summed E-state index contributed by atoms with van der Waals surface area (Å²) in [6.45, 7) is 7.95. The minimum atomic E-state index is -0.115. The molecule has 128 valence electrons. The van der Waals surface area contributed by atoms with Gasteiger partial charge in [0.25, 0.3) is 0 Å². The lowest BCUT2D eigenvalue weighted by molar-refractivity contribution is -0.117. The van der Waals surface area contributed by atoms with Gasteiger partial charge in [0.2, 0.25) is 5.91 Å². The van der Waals surface area contributed by atoms with Gasteiger partial charge in [-0.05, 0) is 50.5 Å². The molecule has 0 saturated carbocycles. The average molecular weight is 340 g/mol. The van der Waals surface area contributed by atoms with Gasteiger partial charge in [-0.2, -0.15) is 0 Å². The maximum atomic E-state index is 11.9. The highest BCUT2D eigenvalue weighted by Crippen LogP contribution is 2.37. The van der Waals surface area contributed by atoms with Crippen LogP contribution >= 0.6 is 11.6 Å². The van der Waals surface area contributed by atoms with Crippen LogP contribution < -0.4 is 14.8 Å². The first-order chi connectivity index (χ1) is 10.9. The number of hydrogen-bond acceptors (Lipinski definition) is 3. The quantitative estimate of drug-likeness (QED) is 0.711. The lowest BCUT2D eigenvalue weighted by Crippen LogP contribution is -2.32. The summed E-state index contributed by atoms with van der Waals surface area (Å²) in [5.41, 5.74) is 0.780. The summed E-state index contributed by atoms with van der Waals surface area (Å²) in [5, 5.41) is 3.41. The van der Waals surface area contributed by atoms with Gasteiger partial charge in [-0.1, -0.05) is 25.4 Å². The fraction of sp³-hybridized carbons (Fsp3) is 0.500. The third-order valence-corrected chi connectivity index (χ3v) is 3.65. The number of methoxy groups -OCH3 is 1. The first-order valence-electron chi connectivity index (χ1n) is 7.93. The second-order valence-electron chi connectivity index (χ2n) is 5.56. The second-order valence-corrected chi connectivity index (χ2v) is 5.96. The highest BCUT2D eigenvalue weighted by molar-refractivity contribution is 6.32. The second kappa shape index (κ2) is 9.46. The van der Waals surface area contributed by atoms with E-state index in [1.54, 1.807) is 25.3 Å². The van der Waals surface area contributed by atoms with Gasteiger partial charge in [0, 0.05) is 12.1 Å². The molecule has 0 aliphatic heterocycles. The minimum Gasteiger partial charge on any atom is -0.493 e. The first kappa shape index (κ1) is 19.4. The number of halogens is 1. The van der Waals surface area contributed by atoms with Crippen molar-refractivity contribution in [3.05, 3.63) is 28.8 Å². The molecular formula is C18H26ClNO3. The zero-order valence-electron chi connectivity index (χ0n) is 14.5. The van der Waals surface area contributed by atoms with E-state index in [1.165, 1.54) is 6.08 Å². The van der Waals surface area contributed by atoms with Crippen molar-refractivity contribution in [2.45, 2.75) is 52.7 Å². The van der Waals surface area contributed by atoms with E-state index in [4.69, 9.17) is 21.1 Å². The van der Waals surface area contributed by atoms with Crippen LogP contribution in [0.1, 0.15) is 46.1 Å². The highest BCUT2D eigenvalue weighted by Gasteiger charge is 2.13. The average Bonchev–Trinajstić information content (AvgIpc) is 2.52. The standard InChI is InChI=1S/C18H26ClNO3/c1-6-14(7-2)20-17(21)9-8-13-10-15(19)18(23-12(3)4)16(11-13)22-5/h8-12,14H,6-7H2,1-5H3,(H,20,21). The van der Waals surface area contributed by atoms with Gasteiger partial charge >= 0.3 is 0 Å². The summed E-state index contributed by atoms with van der Waals surface area (Å²) in [6.07, 6.45) is 5.04. The lowest BCUT2D eigenvalue weighted by Gasteiger charge is -2.15. The molecule has 0 radical (unpaired) electrons. The Balaban J connectivity index is 2.91. The van der Waals surface area contributed by atoms with Gasteiger partial charge in [-0.3, -0.25) is 4.79 Å². The third-order valence-electron chi connectivity index (χ3n) is 3.36. The predicted molar refractivity (Wildman–Crippen MR) is 95.3 cm³/mol. The van der Waals surface area contributed by atoms with Crippen molar-refractivity contribution in [3.63, 3.8) is 0 Å². The maximum Gasteiger partial charge on any atom is 0.244 e. The number of rotatable bonds is 8. The van der Waals surface area contributed by atoms with Gasteiger partial charge in [-0.15, -0.1) is 0 Å². The Hall–Kier alpha value is -1.68.